The van der Waals surface area contributed by atoms with Gasteiger partial charge >= 0.3 is 5.97 Å². The predicted molar refractivity (Wildman–Crippen MR) is 113 cm³/mol. The van der Waals surface area contributed by atoms with Gasteiger partial charge in [0, 0.05) is 6.08 Å². The molecule has 0 aliphatic heterocycles. The largest absolute Gasteiger partial charge is 0.452 e. The summed E-state index contributed by atoms with van der Waals surface area (Å²) in [6.45, 7) is 5.35. The van der Waals surface area contributed by atoms with Crippen LogP contribution in [0.15, 0.2) is 60.7 Å². The molecule has 1 heterocycles. The van der Waals surface area contributed by atoms with Gasteiger partial charge in [0.25, 0.3) is 5.91 Å². The van der Waals surface area contributed by atoms with Crippen LogP contribution in [0.1, 0.15) is 22.5 Å². The third-order valence-corrected chi connectivity index (χ3v) is 4.39. The van der Waals surface area contributed by atoms with E-state index < -0.39 is 11.9 Å². The van der Waals surface area contributed by atoms with Crippen molar-refractivity contribution in [2.45, 2.75) is 20.8 Å². The van der Waals surface area contributed by atoms with Crippen LogP contribution in [-0.2, 0) is 14.3 Å². The van der Waals surface area contributed by atoms with E-state index in [-0.39, 0.29) is 6.61 Å². The Morgan fingerprint density at radius 1 is 1.03 bits per heavy atom. The number of aryl methyl sites for hydroxylation is 2. The molecule has 1 amide bonds. The molecule has 6 heteroatoms. The second-order valence-corrected chi connectivity index (χ2v) is 6.69. The Labute approximate surface area is 169 Å². The molecule has 6 nitrogen and oxygen atoms in total. The first kappa shape index (κ1) is 20.1. The van der Waals surface area contributed by atoms with Crippen molar-refractivity contribution in [3.63, 3.8) is 0 Å². The molecule has 0 radical (unpaired) electrons. The molecule has 0 aliphatic carbocycles. The molecule has 148 valence electrons. The van der Waals surface area contributed by atoms with Crippen molar-refractivity contribution < 1.29 is 14.3 Å². The Hall–Kier alpha value is -3.67. The second-order valence-electron chi connectivity index (χ2n) is 6.69. The molecular formula is C23H23N3O3. The van der Waals surface area contributed by atoms with Crippen LogP contribution in [0.25, 0.3) is 11.8 Å². The van der Waals surface area contributed by atoms with Gasteiger partial charge in [0.15, 0.2) is 6.61 Å². The molecule has 0 atom stereocenters. The predicted octanol–water partition coefficient (Wildman–Crippen LogP) is 3.99. The third kappa shape index (κ3) is 5.19. The number of carbonyl (C=O) groups excluding carboxylic acids is 2. The van der Waals surface area contributed by atoms with Crippen LogP contribution >= 0.6 is 0 Å². The summed E-state index contributed by atoms with van der Waals surface area (Å²) in [4.78, 5) is 24.1. The first-order valence-corrected chi connectivity index (χ1v) is 9.27. The molecule has 0 unspecified atom stereocenters. The highest BCUT2D eigenvalue weighted by Gasteiger charge is 2.16. The first-order valence-electron chi connectivity index (χ1n) is 9.27. The molecule has 1 aromatic heterocycles. The minimum atomic E-state index is -0.576. The molecule has 29 heavy (non-hydrogen) atoms. The fourth-order valence-electron chi connectivity index (χ4n) is 2.85. The zero-order valence-electron chi connectivity index (χ0n) is 16.7. The van der Waals surface area contributed by atoms with Gasteiger partial charge in [-0.15, -0.1) is 0 Å². The molecule has 0 aliphatic rings. The normalized spacial score (nSPS) is 10.9. The van der Waals surface area contributed by atoms with Crippen LogP contribution in [-0.4, -0.2) is 28.3 Å². The molecule has 3 rings (SSSR count). The number of rotatable bonds is 6. The number of ether oxygens (including phenoxy) is 1. The molecule has 2 aromatic carbocycles. The lowest BCUT2D eigenvalue weighted by Crippen LogP contribution is -2.20. The summed E-state index contributed by atoms with van der Waals surface area (Å²) in [5, 5.41) is 7.29. The number of aromatic nitrogens is 2. The SMILES string of the molecule is Cc1ccc(-n2nc(C)c(NC(=O)COC(=O)/C=C/c3ccccc3)c2C)cc1. The summed E-state index contributed by atoms with van der Waals surface area (Å²) < 4.78 is 6.79. The van der Waals surface area contributed by atoms with E-state index in [1.807, 2.05) is 75.4 Å². The molecular weight excluding hydrogens is 366 g/mol. The van der Waals surface area contributed by atoms with Gasteiger partial charge in [-0.25, -0.2) is 9.48 Å². The molecule has 0 spiro atoms. The van der Waals surface area contributed by atoms with Gasteiger partial charge in [-0.1, -0.05) is 48.0 Å². The Morgan fingerprint density at radius 2 is 1.72 bits per heavy atom. The van der Waals surface area contributed by atoms with Gasteiger partial charge in [0.05, 0.1) is 22.8 Å². The minimum absolute atomic E-state index is 0.368. The fourth-order valence-corrected chi connectivity index (χ4v) is 2.85. The minimum Gasteiger partial charge on any atom is -0.452 e. The summed E-state index contributed by atoms with van der Waals surface area (Å²) in [7, 11) is 0. The molecule has 1 N–H and O–H groups in total. The van der Waals surface area contributed by atoms with Crippen LogP contribution in [0, 0.1) is 20.8 Å². The Morgan fingerprint density at radius 3 is 2.41 bits per heavy atom. The van der Waals surface area contributed by atoms with Crippen molar-refractivity contribution in [3.8, 4) is 5.69 Å². The lowest BCUT2D eigenvalue weighted by Gasteiger charge is -2.07. The summed E-state index contributed by atoms with van der Waals surface area (Å²) in [5.41, 5.74) is 5.05. The molecule has 0 saturated heterocycles. The third-order valence-electron chi connectivity index (χ3n) is 4.39. The molecule has 3 aromatic rings. The van der Waals surface area contributed by atoms with E-state index in [2.05, 4.69) is 10.4 Å². The molecule has 0 fully saturated rings. The first-order chi connectivity index (χ1) is 13.9. The topological polar surface area (TPSA) is 73.2 Å². The zero-order valence-corrected chi connectivity index (χ0v) is 16.7. The maximum absolute atomic E-state index is 12.2. The smallest absolute Gasteiger partial charge is 0.331 e. The quantitative estimate of drug-likeness (QED) is 0.511. The standard InChI is InChI=1S/C23H23N3O3/c1-16-9-12-20(13-10-16)26-18(3)23(17(2)25-26)24-21(27)15-29-22(28)14-11-19-7-5-4-6-8-19/h4-14H,15H2,1-3H3,(H,24,27)/b14-11+. The van der Waals surface area contributed by atoms with Gasteiger partial charge in [0.2, 0.25) is 0 Å². The van der Waals surface area contributed by atoms with Gasteiger partial charge in [-0.05, 0) is 44.5 Å². The second kappa shape index (κ2) is 9.01. The Balaban J connectivity index is 1.60. The monoisotopic (exact) mass is 389 g/mol. The number of esters is 1. The van der Waals surface area contributed by atoms with E-state index in [9.17, 15) is 9.59 Å². The van der Waals surface area contributed by atoms with Crippen molar-refractivity contribution in [1.29, 1.82) is 0 Å². The average Bonchev–Trinajstić information content (AvgIpc) is 3.00. The Bertz CT molecular complexity index is 1040. The van der Waals surface area contributed by atoms with E-state index in [0.717, 1.165) is 22.5 Å². The van der Waals surface area contributed by atoms with E-state index in [1.54, 1.807) is 10.8 Å². The maximum atomic E-state index is 12.2. The van der Waals surface area contributed by atoms with E-state index >= 15 is 0 Å². The van der Waals surface area contributed by atoms with Crippen molar-refractivity contribution in [1.82, 2.24) is 9.78 Å². The van der Waals surface area contributed by atoms with Gasteiger partial charge in [-0.3, -0.25) is 4.79 Å². The Kier molecular flexibility index (Phi) is 6.24. The maximum Gasteiger partial charge on any atom is 0.331 e. The highest BCUT2D eigenvalue weighted by atomic mass is 16.5. The number of carbonyl (C=O) groups is 2. The summed E-state index contributed by atoms with van der Waals surface area (Å²) in [6.07, 6.45) is 2.94. The number of hydrogen-bond acceptors (Lipinski definition) is 4. The summed E-state index contributed by atoms with van der Waals surface area (Å²) in [5.74, 6) is -0.992. The van der Waals surface area contributed by atoms with Crippen molar-refractivity contribution >= 4 is 23.6 Å². The van der Waals surface area contributed by atoms with E-state index in [4.69, 9.17) is 4.74 Å². The number of amides is 1. The molecule has 0 saturated carbocycles. The number of benzene rings is 2. The number of hydrogen-bond donors (Lipinski definition) is 1. The lowest BCUT2D eigenvalue weighted by atomic mass is 10.2. The zero-order chi connectivity index (χ0) is 20.8. The number of anilines is 1. The van der Waals surface area contributed by atoms with Crippen molar-refractivity contribution in [3.05, 3.63) is 83.2 Å². The highest BCUT2D eigenvalue weighted by molar-refractivity contribution is 5.95. The highest BCUT2D eigenvalue weighted by Crippen LogP contribution is 2.23. The van der Waals surface area contributed by atoms with E-state index in [0.29, 0.717) is 11.4 Å². The summed E-state index contributed by atoms with van der Waals surface area (Å²) >= 11 is 0. The van der Waals surface area contributed by atoms with Crippen LogP contribution in [0.4, 0.5) is 5.69 Å². The number of nitrogens with zero attached hydrogens (tertiary/aromatic N) is 2. The summed E-state index contributed by atoms with van der Waals surface area (Å²) in [6, 6.07) is 17.3. The van der Waals surface area contributed by atoms with Crippen molar-refractivity contribution in [2.24, 2.45) is 0 Å². The fraction of sp³-hybridized carbons (Fsp3) is 0.174. The van der Waals surface area contributed by atoms with Crippen LogP contribution in [0.2, 0.25) is 0 Å². The molecule has 0 bridgehead atoms. The van der Waals surface area contributed by atoms with E-state index in [1.165, 1.54) is 6.08 Å². The van der Waals surface area contributed by atoms with Crippen LogP contribution in [0.3, 0.4) is 0 Å². The lowest BCUT2D eigenvalue weighted by molar-refractivity contribution is -0.142. The average molecular weight is 389 g/mol. The van der Waals surface area contributed by atoms with Crippen molar-refractivity contribution in [2.75, 3.05) is 11.9 Å². The van der Waals surface area contributed by atoms with Gasteiger partial charge in [-0.2, -0.15) is 5.10 Å². The number of nitrogens with one attached hydrogen (secondary N) is 1. The van der Waals surface area contributed by atoms with Gasteiger partial charge < -0.3 is 10.1 Å². The van der Waals surface area contributed by atoms with Crippen LogP contribution < -0.4 is 5.32 Å². The van der Waals surface area contributed by atoms with Crippen LogP contribution in [0.5, 0.6) is 0 Å². The van der Waals surface area contributed by atoms with Gasteiger partial charge in [0.1, 0.15) is 0 Å².